The van der Waals surface area contributed by atoms with Gasteiger partial charge in [0.05, 0.1) is 33.9 Å². The van der Waals surface area contributed by atoms with Crippen molar-refractivity contribution < 1.29 is 35.9 Å². The minimum atomic E-state index is -4.88. The average molecular weight is 625 g/mol. The summed E-state index contributed by atoms with van der Waals surface area (Å²) in [6, 6.07) is 12.7. The first kappa shape index (κ1) is 29.6. The van der Waals surface area contributed by atoms with Crippen LogP contribution in [-0.2, 0) is 19.3 Å². The van der Waals surface area contributed by atoms with Crippen molar-refractivity contribution in [1.82, 2.24) is 29.8 Å². The van der Waals surface area contributed by atoms with Crippen LogP contribution in [0.5, 0.6) is 5.75 Å². The lowest BCUT2D eigenvalue weighted by atomic mass is 10.1. The van der Waals surface area contributed by atoms with Crippen LogP contribution in [0.2, 0.25) is 5.02 Å². The quantitative estimate of drug-likeness (QED) is 0.213. The number of carbonyl (C=O) groups is 1. The summed E-state index contributed by atoms with van der Waals surface area (Å²) >= 11 is 6.38. The maximum atomic E-state index is 13.8. The second-order valence-electron chi connectivity index (χ2n) is 8.99. The number of rotatable bonds is 7. The molecule has 17 heteroatoms. The number of fused-ring (bicyclic) bond motifs is 1. The Bertz CT molecular complexity index is 1830. The third-order valence-electron chi connectivity index (χ3n) is 6.16. The Hall–Kier alpha value is -4.86. The van der Waals surface area contributed by atoms with E-state index >= 15 is 0 Å². The Morgan fingerprint density at radius 1 is 1.02 bits per heavy atom. The maximum Gasteiger partial charge on any atom is 0.573 e. The zero-order valence-corrected chi connectivity index (χ0v) is 22.6. The predicted octanol–water partition coefficient (Wildman–Crippen LogP) is 6.08. The summed E-state index contributed by atoms with van der Waals surface area (Å²) in [4.78, 5) is 17.0. The summed E-state index contributed by atoms with van der Waals surface area (Å²) < 4.78 is 86.1. The number of carbonyl (C=O) groups excluding carboxylic acids is 1. The molecule has 43 heavy (non-hydrogen) atoms. The highest BCUT2D eigenvalue weighted by atomic mass is 35.5. The second kappa shape index (κ2) is 11.4. The predicted molar refractivity (Wildman–Crippen MR) is 142 cm³/mol. The van der Waals surface area contributed by atoms with Gasteiger partial charge in [0.15, 0.2) is 0 Å². The molecule has 0 spiro atoms. The highest BCUT2D eigenvalue weighted by Gasteiger charge is 2.33. The number of aromatic nitrogens is 6. The number of nitrogens with one attached hydrogen (secondary N) is 2. The van der Waals surface area contributed by atoms with Crippen LogP contribution in [0.25, 0.3) is 11.0 Å². The fraction of sp³-hybridized carbons (Fsp3) is 0.192. The lowest BCUT2D eigenvalue weighted by molar-refractivity contribution is -0.274. The van der Waals surface area contributed by atoms with E-state index in [2.05, 4.69) is 35.7 Å². The van der Waals surface area contributed by atoms with Crippen LogP contribution in [-0.4, -0.2) is 42.0 Å². The van der Waals surface area contributed by atoms with Gasteiger partial charge in [-0.3, -0.25) is 10.1 Å². The van der Waals surface area contributed by atoms with E-state index in [1.807, 2.05) is 0 Å². The van der Waals surface area contributed by atoms with Crippen molar-refractivity contribution >= 4 is 40.2 Å². The van der Waals surface area contributed by atoms with Crippen molar-refractivity contribution in [3.8, 4) is 5.75 Å². The molecule has 0 saturated carbocycles. The Morgan fingerprint density at radius 2 is 1.72 bits per heavy atom. The first-order valence-corrected chi connectivity index (χ1v) is 12.7. The van der Waals surface area contributed by atoms with Crippen molar-refractivity contribution in [3.05, 3.63) is 88.0 Å². The third kappa shape index (κ3) is 6.63. The van der Waals surface area contributed by atoms with Crippen LogP contribution in [0, 0.1) is 0 Å². The molecule has 0 fully saturated rings. The molecular weight excluding hydrogens is 606 g/mol. The van der Waals surface area contributed by atoms with Gasteiger partial charge in [0.2, 0.25) is 5.62 Å². The van der Waals surface area contributed by atoms with Crippen molar-refractivity contribution in [2.75, 3.05) is 5.32 Å². The number of alkyl halides is 6. The van der Waals surface area contributed by atoms with Crippen LogP contribution < -0.4 is 15.7 Å². The number of halogens is 7. The monoisotopic (exact) mass is 624 g/mol. The minimum absolute atomic E-state index is 0.00197. The average Bonchev–Trinajstić information content (AvgIpc) is 3.55. The molecular formula is C26H19ClF6N8O2. The first-order chi connectivity index (χ1) is 20.3. The molecule has 2 N–H and O–H groups in total. The SMILES string of the molecule is CCn1c(=Nc2ccc(OC(F)(F)F)cc2)n(Cc2ccc(C(=O)Nc3nn[nH]n3)cc2)c2cc(C(F)(F)F)cc(Cl)c21. The molecule has 5 aromatic rings. The van der Waals surface area contributed by atoms with Gasteiger partial charge in [0, 0.05) is 12.1 Å². The van der Waals surface area contributed by atoms with Crippen molar-refractivity contribution in [2.45, 2.75) is 32.6 Å². The van der Waals surface area contributed by atoms with Gasteiger partial charge in [0.1, 0.15) is 5.75 Å². The molecule has 0 atom stereocenters. The van der Waals surface area contributed by atoms with E-state index in [9.17, 15) is 31.1 Å². The molecule has 0 saturated heterocycles. The van der Waals surface area contributed by atoms with Gasteiger partial charge in [-0.15, -0.1) is 18.3 Å². The number of amides is 1. The van der Waals surface area contributed by atoms with E-state index in [1.54, 1.807) is 23.6 Å². The highest BCUT2D eigenvalue weighted by molar-refractivity contribution is 6.35. The fourth-order valence-corrected chi connectivity index (χ4v) is 4.64. The molecule has 3 aromatic carbocycles. The number of hydrogen-bond donors (Lipinski definition) is 2. The van der Waals surface area contributed by atoms with Crippen molar-refractivity contribution in [1.29, 1.82) is 0 Å². The summed E-state index contributed by atoms with van der Waals surface area (Å²) in [5.41, 5.74) is 0.669. The van der Waals surface area contributed by atoms with Gasteiger partial charge in [0.25, 0.3) is 11.9 Å². The number of anilines is 1. The Kier molecular flexibility index (Phi) is 7.88. The van der Waals surface area contributed by atoms with Crippen LogP contribution in [0.4, 0.5) is 38.0 Å². The molecule has 0 radical (unpaired) electrons. The van der Waals surface area contributed by atoms with Crippen molar-refractivity contribution in [3.63, 3.8) is 0 Å². The third-order valence-corrected chi connectivity index (χ3v) is 6.45. The smallest absolute Gasteiger partial charge is 0.406 e. The molecule has 5 rings (SSSR count). The summed E-state index contributed by atoms with van der Waals surface area (Å²) in [7, 11) is 0. The maximum absolute atomic E-state index is 13.8. The van der Waals surface area contributed by atoms with Gasteiger partial charge in [-0.05, 0) is 66.2 Å². The van der Waals surface area contributed by atoms with Crippen LogP contribution in [0.1, 0.15) is 28.4 Å². The Morgan fingerprint density at radius 3 is 2.30 bits per heavy atom. The number of imidazole rings is 1. The molecule has 0 unspecified atom stereocenters. The standard InChI is InChI=1S/C26H19ClF6N8O2/c1-2-40-21-19(27)11-16(25(28,29)30)12-20(21)41(24(40)34-17-7-9-18(10-8-17)43-26(31,32)33)13-14-3-5-15(6-4-14)22(42)35-23-36-38-39-37-23/h3-12H,2,13H2,1H3,(H2,35,36,37,38,39,42). The molecule has 0 aliphatic carbocycles. The Labute approximate surface area is 242 Å². The van der Waals surface area contributed by atoms with Gasteiger partial charge >= 0.3 is 12.5 Å². The molecule has 224 valence electrons. The molecule has 2 heterocycles. The largest absolute Gasteiger partial charge is 0.573 e. The molecule has 0 aliphatic rings. The summed E-state index contributed by atoms with van der Waals surface area (Å²) in [6.45, 7) is 1.99. The highest BCUT2D eigenvalue weighted by Crippen LogP contribution is 2.35. The van der Waals surface area contributed by atoms with Crippen LogP contribution in [0.3, 0.4) is 0 Å². The van der Waals surface area contributed by atoms with Crippen molar-refractivity contribution in [2.24, 2.45) is 4.99 Å². The Balaban J connectivity index is 1.60. The fourth-order valence-electron chi connectivity index (χ4n) is 4.32. The molecule has 10 nitrogen and oxygen atoms in total. The van der Waals surface area contributed by atoms with E-state index < -0.39 is 29.8 Å². The number of aromatic amines is 1. The van der Waals surface area contributed by atoms with Gasteiger partial charge in [-0.1, -0.05) is 28.8 Å². The lowest BCUT2D eigenvalue weighted by Crippen LogP contribution is -2.26. The second-order valence-corrected chi connectivity index (χ2v) is 9.40. The number of ether oxygens (including phenoxy) is 1. The normalized spacial score (nSPS) is 12.6. The van der Waals surface area contributed by atoms with E-state index in [4.69, 9.17) is 11.6 Å². The zero-order valence-electron chi connectivity index (χ0n) is 21.8. The molecule has 1 amide bonds. The number of aryl methyl sites for hydroxylation is 1. The first-order valence-electron chi connectivity index (χ1n) is 12.4. The van der Waals surface area contributed by atoms with E-state index in [0.717, 1.165) is 24.3 Å². The van der Waals surface area contributed by atoms with Gasteiger partial charge < -0.3 is 13.9 Å². The summed E-state index contributed by atoms with van der Waals surface area (Å²) in [5.74, 6) is -1.01. The van der Waals surface area contributed by atoms with Gasteiger partial charge in [-0.25, -0.2) is 4.99 Å². The lowest BCUT2D eigenvalue weighted by Gasteiger charge is -2.10. The number of nitrogens with zero attached hydrogens (tertiary/aromatic N) is 6. The number of benzene rings is 3. The van der Waals surface area contributed by atoms with Gasteiger partial charge in [-0.2, -0.15) is 18.4 Å². The summed E-state index contributed by atoms with van der Waals surface area (Å²) in [5, 5.41) is 15.1. The molecule has 0 aliphatic heterocycles. The van der Waals surface area contributed by atoms with Crippen LogP contribution in [0.15, 0.2) is 65.7 Å². The number of tetrazole rings is 1. The zero-order chi connectivity index (χ0) is 30.9. The van der Waals surface area contributed by atoms with E-state index in [0.29, 0.717) is 5.56 Å². The topological polar surface area (TPSA) is 115 Å². The summed E-state index contributed by atoms with van der Waals surface area (Å²) in [6.07, 6.45) is -9.57. The molecule has 0 bridgehead atoms. The van der Waals surface area contributed by atoms with E-state index in [1.165, 1.54) is 28.8 Å². The van der Waals surface area contributed by atoms with E-state index in [-0.39, 0.29) is 52.0 Å². The number of H-pyrrole nitrogens is 1. The van der Waals surface area contributed by atoms with Crippen LogP contribution >= 0.6 is 11.6 Å². The number of hydrogen-bond acceptors (Lipinski definition) is 6. The minimum Gasteiger partial charge on any atom is -0.406 e. The molecule has 2 aromatic heterocycles.